The number of benzene rings is 1. The number of carbonyl (C=O) groups excluding carboxylic acids is 1. The molecular weight excluding hydrogens is 371 g/mol. The Bertz CT molecular complexity index is 792. The summed E-state index contributed by atoms with van der Waals surface area (Å²) >= 11 is 0. The van der Waals surface area contributed by atoms with Gasteiger partial charge in [-0.2, -0.15) is 0 Å². The molecule has 0 aliphatic carbocycles. The van der Waals surface area contributed by atoms with Gasteiger partial charge in [-0.05, 0) is 37.7 Å². The second-order valence-electron chi connectivity index (χ2n) is 6.45. The summed E-state index contributed by atoms with van der Waals surface area (Å²) in [6.07, 6.45) is 3.01. The minimum absolute atomic E-state index is 0.224. The van der Waals surface area contributed by atoms with Gasteiger partial charge in [0.25, 0.3) is 5.91 Å². The van der Waals surface area contributed by atoms with E-state index < -0.39 is 11.4 Å². The van der Waals surface area contributed by atoms with E-state index in [-0.39, 0.29) is 24.7 Å². The predicted molar refractivity (Wildman–Crippen MR) is 116 cm³/mol. The number of aromatic nitrogens is 1. The van der Waals surface area contributed by atoms with Gasteiger partial charge in [0, 0.05) is 12.7 Å². The summed E-state index contributed by atoms with van der Waals surface area (Å²) in [5, 5.41) is 16.1. The van der Waals surface area contributed by atoms with Crippen LogP contribution in [0.3, 0.4) is 0 Å². The number of rotatable bonds is 5. The highest BCUT2D eigenvalue weighted by Gasteiger charge is 2.43. The summed E-state index contributed by atoms with van der Waals surface area (Å²) in [6, 6.07) is 6.43. The van der Waals surface area contributed by atoms with Gasteiger partial charge in [-0.1, -0.05) is 33.8 Å². The molecule has 1 aromatic heterocycles. The largest absolute Gasteiger partial charge is 0.385 e. The van der Waals surface area contributed by atoms with E-state index in [0.717, 1.165) is 5.56 Å². The van der Waals surface area contributed by atoms with E-state index in [1.54, 1.807) is 30.1 Å². The van der Waals surface area contributed by atoms with Crippen molar-refractivity contribution in [1.29, 1.82) is 0 Å². The molecule has 0 saturated carbocycles. The van der Waals surface area contributed by atoms with Crippen LogP contribution >= 0.6 is 0 Å². The lowest BCUT2D eigenvalue weighted by atomic mass is 9.93. The van der Waals surface area contributed by atoms with Gasteiger partial charge in [0.1, 0.15) is 11.4 Å². The lowest BCUT2D eigenvalue weighted by Gasteiger charge is -2.46. The first-order valence-corrected chi connectivity index (χ1v) is 10.1. The number of nitrogens with one attached hydrogen (secondary N) is 2. The third-order valence-electron chi connectivity index (χ3n) is 4.21. The van der Waals surface area contributed by atoms with Crippen molar-refractivity contribution in [2.75, 3.05) is 32.0 Å². The Morgan fingerprint density at radius 2 is 1.86 bits per heavy atom. The maximum atomic E-state index is 14.1. The van der Waals surface area contributed by atoms with Crippen molar-refractivity contribution in [3.05, 3.63) is 53.6 Å². The molecule has 2 heterocycles. The zero-order chi connectivity index (χ0) is 22.0. The number of halogens is 1. The van der Waals surface area contributed by atoms with Gasteiger partial charge in [0.15, 0.2) is 0 Å². The molecule has 1 aliphatic rings. The second-order valence-corrected chi connectivity index (χ2v) is 6.45. The van der Waals surface area contributed by atoms with Gasteiger partial charge in [-0.25, -0.2) is 4.39 Å². The van der Waals surface area contributed by atoms with Crippen LogP contribution in [0.4, 0.5) is 15.8 Å². The Morgan fingerprint density at radius 3 is 2.45 bits per heavy atom. The topological polar surface area (TPSA) is 77.5 Å². The third-order valence-corrected chi connectivity index (χ3v) is 4.21. The Balaban J connectivity index is 0.000000989. The zero-order valence-electron chi connectivity index (χ0n) is 18.2. The van der Waals surface area contributed by atoms with E-state index >= 15 is 0 Å². The summed E-state index contributed by atoms with van der Waals surface area (Å²) in [5.74, 6) is -0.618. The highest BCUT2D eigenvalue weighted by molar-refractivity contribution is 6.00. The van der Waals surface area contributed by atoms with Crippen molar-refractivity contribution < 1.29 is 14.3 Å². The van der Waals surface area contributed by atoms with Crippen molar-refractivity contribution >= 4 is 17.3 Å². The number of likely N-dealkylation sites (tertiary alicyclic amines) is 1. The highest BCUT2D eigenvalue weighted by Crippen LogP contribution is 2.27. The minimum Gasteiger partial charge on any atom is -0.385 e. The number of pyridine rings is 1. The van der Waals surface area contributed by atoms with Crippen LogP contribution < -0.4 is 10.6 Å². The number of aliphatic hydroxyl groups is 1. The van der Waals surface area contributed by atoms with E-state index in [9.17, 15) is 14.3 Å². The molecule has 1 amide bonds. The van der Waals surface area contributed by atoms with Crippen molar-refractivity contribution in [2.45, 2.75) is 40.2 Å². The smallest absolute Gasteiger partial charge is 0.256 e. The SMILES string of the molecule is CC.CC.CNCC1(O)CN(C(=O)c2ccncc2Nc2ccc(C)cc2F)C1. The number of nitrogens with zero attached hydrogens (tertiary/aromatic N) is 2. The molecule has 1 saturated heterocycles. The number of carbonyl (C=O) groups is 1. The molecule has 6 nitrogen and oxygen atoms in total. The monoisotopic (exact) mass is 404 g/mol. The lowest BCUT2D eigenvalue weighted by Crippen LogP contribution is -2.67. The fourth-order valence-corrected chi connectivity index (χ4v) is 2.97. The van der Waals surface area contributed by atoms with E-state index in [0.29, 0.717) is 17.8 Å². The number of likely N-dealkylation sites (N-methyl/N-ethyl adjacent to an activating group) is 1. The molecule has 160 valence electrons. The zero-order valence-corrected chi connectivity index (χ0v) is 18.2. The number of amides is 1. The molecule has 3 rings (SSSR count). The Hall–Kier alpha value is -2.51. The number of hydrogen-bond acceptors (Lipinski definition) is 5. The molecule has 1 aromatic carbocycles. The molecule has 0 spiro atoms. The molecule has 0 bridgehead atoms. The molecule has 29 heavy (non-hydrogen) atoms. The molecule has 1 aliphatic heterocycles. The molecule has 0 radical (unpaired) electrons. The van der Waals surface area contributed by atoms with Crippen LogP contribution in [-0.4, -0.2) is 53.2 Å². The average molecular weight is 405 g/mol. The second kappa shape index (κ2) is 11.5. The number of hydrogen-bond donors (Lipinski definition) is 3. The Kier molecular flexibility index (Phi) is 9.71. The minimum atomic E-state index is -0.895. The summed E-state index contributed by atoms with van der Waals surface area (Å²) < 4.78 is 14.1. The quantitative estimate of drug-likeness (QED) is 0.708. The van der Waals surface area contributed by atoms with Crippen LogP contribution in [0.2, 0.25) is 0 Å². The predicted octanol–water partition coefficient (Wildman–Crippen LogP) is 3.73. The van der Waals surface area contributed by atoms with E-state index in [1.165, 1.54) is 18.5 Å². The standard InChI is InChI=1S/C18H21FN4O2.2C2H6/c1-12-3-4-15(14(19)7-12)22-16-8-21-6-5-13(16)17(24)23-10-18(25,11-23)9-20-2;2*1-2/h3-8,20,22,25H,9-11H2,1-2H3;2*1-2H3. The van der Waals surface area contributed by atoms with E-state index in [1.807, 2.05) is 34.6 Å². The van der Waals surface area contributed by atoms with Crippen LogP contribution in [0.5, 0.6) is 0 Å². The van der Waals surface area contributed by atoms with Crippen molar-refractivity contribution in [2.24, 2.45) is 0 Å². The number of anilines is 2. The first-order valence-electron chi connectivity index (χ1n) is 10.1. The van der Waals surface area contributed by atoms with Crippen molar-refractivity contribution in [3.63, 3.8) is 0 Å². The third kappa shape index (κ3) is 6.24. The van der Waals surface area contributed by atoms with Crippen LogP contribution in [-0.2, 0) is 0 Å². The fraction of sp³-hybridized carbons (Fsp3) is 0.455. The molecule has 1 fully saturated rings. The molecule has 0 unspecified atom stereocenters. The first-order chi connectivity index (χ1) is 13.9. The first kappa shape index (κ1) is 24.5. The normalized spacial score (nSPS) is 13.9. The lowest BCUT2D eigenvalue weighted by molar-refractivity contribution is -0.0775. The van der Waals surface area contributed by atoms with Crippen LogP contribution in [0.25, 0.3) is 0 Å². The molecule has 7 heteroatoms. The summed E-state index contributed by atoms with van der Waals surface area (Å²) in [4.78, 5) is 18.3. The van der Waals surface area contributed by atoms with Gasteiger partial charge in [-0.15, -0.1) is 0 Å². The Morgan fingerprint density at radius 1 is 1.21 bits per heavy atom. The molecule has 2 aromatic rings. The fourth-order valence-electron chi connectivity index (χ4n) is 2.97. The van der Waals surface area contributed by atoms with E-state index in [4.69, 9.17) is 0 Å². The number of aryl methyl sites for hydroxylation is 1. The van der Waals surface area contributed by atoms with Gasteiger partial charge in [-0.3, -0.25) is 9.78 Å². The summed E-state index contributed by atoms with van der Waals surface area (Å²) in [7, 11) is 1.75. The highest BCUT2D eigenvalue weighted by atomic mass is 19.1. The summed E-state index contributed by atoms with van der Waals surface area (Å²) in [5.41, 5.74) is 1.02. The van der Waals surface area contributed by atoms with Gasteiger partial charge in [0.2, 0.25) is 0 Å². The van der Waals surface area contributed by atoms with Gasteiger partial charge in [0.05, 0.1) is 36.2 Å². The molecular formula is C22H33FN4O2. The molecule has 3 N–H and O–H groups in total. The summed E-state index contributed by atoms with van der Waals surface area (Å²) in [6.45, 7) is 10.7. The van der Waals surface area contributed by atoms with Crippen LogP contribution in [0.1, 0.15) is 43.6 Å². The average Bonchev–Trinajstić information content (AvgIpc) is 2.71. The van der Waals surface area contributed by atoms with Gasteiger partial charge < -0.3 is 20.6 Å². The number of β-amino-alcohol motifs (C(OH)–C–C–N with tert-alkyl or cyclic N) is 1. The molecule has 0 atom stereocenters. The maximum absolute atomic E-state index is 14.1. The van der Waals surface area contributed by atoms with E-state index in [2.05, 4.69) is 15.6 Å². The maximum Gasteiger partial charge on any atom is 0.256 e. The van der Waals surface area contributed by atoms with Crippen molar-refractivity contribution in [1.82, 2.24) is 15.2 Å². The Labute approximate surface area is 173 Å². The van der Waals surface area contributed by atoms with Crippen LogP contribution in [0.15, 0.2) is 36.7 Å². The van der Waals surface area contributed by atoms with Crippen LogP contribution in [0, 0.1) is 12.7 Å². The van der Waals surface area contributed by atoms with Crippen molar-refractivity contribution in [3.8, 4) is 0 Å². The van der Waals surface area contributed by atoms with Gasteiger partial charge >= 0.3 is 0 Å².